The number of rotatable bonds is 23. The number of hydrogen-bond donors (Lipinski definition) is 7. The second-order valence-electron chi connectivity index (χ2n) is 37.9. The van der Waals surface area contributed by atoms with Crippen LogP contribution < -0.4 is 45.0 Å². The maximum absolute atomic E-state index is 12.9. The van der Waals surface area contributed by atoms with Gasteiger partial charge in [0, 0.05) is 305 Å². The number of sulfonamides is 2. The molecule has 1 atom stereocenters. The lowest BCUT2D eigenvalue weighted by atomic mass is 10.0. The van der Waals surface area contributed by atoms with E-state index in [9.17, 15) is 50.7 Å². The van der Waals surface area contributed by atoms with Crippen LogP contribution in [-0.2, 0) is 55.8 Å². The number of aromatic nitrogens is 8. The number of carboxylic acids is 1. The number of piperidine rings is 2. The molecule has 8 aromatic rings. The number of carboxylic acid groups (broad SMARTS) is 1. The molecule has 0 bridgehead atoms. The fourth-order valence-corrected chi connectivity index (χ4v) is 20.3. The summed E-state index contributed by atoms with van der Waals surface area (Å²) in [4.78, 5) is 105. The highest BCUT2D eigenvalue weighted by atomic mass is 32.2. The van der Waals surface area contributed by atoms with Gasteiger partial charge in [0.05, 0.1) is 25.2 Å². The van der Waals surface area contributed by atoms with E-state index in [4.69, 9.17) is 5.11 Å². The fourth-order valence-electron chi connectivity index (χ4n) is 19.3. The number of aryl methyl sites for hydroxylation is 4. The average molecular weight is 1940 g/mol. The summed E-state index contributed by atoms with van der Waals surface area (Å²) in [6, 6.07) is 33.4. The standard InChI is InChI=1S/C25H35N7O3.C24H35N7O4S.C24H35N7O3S.C24H34N6O2/c1-19(2)26-23-6-7-32(27-23)25(35)31-14-10-28(11-15-31)17-21-5-4-20(3)16-22(21)30-12-8-29(9-13-30)18-24(33)34;1-18-4-5-20(16-22(18)29-9-6-21(7-10-29)25-19(2)32)17-28-12-14-30(15-13-28)24(33)31-11-8-23(26-31)27-36(3,34)35;1-19-5-6-20(16-22(19)30-15-14-28-8-3-4-21(28)18-30)17-27-10-12-29(13-11-27)24(32)31-9-7-23(25-31)26-35(2,33)34;1-18(2)25-23-8-11-30(26-23)24(32)29-14-12-27(13-15-29)17-20-5-4-19(3)16-22(20)28-9-6-21(31)7-10-28/h4-7,16H,1,8-15,17-18H2,2-3H3,(H,26,27)(H,33,34);4-5,8,11,16,21H,6-7,9-10,12-15,17H2,1-3H3,(H,25,32)(H,26,27);5-7,9,16,21H,3-4,8,10-15,17-18H2,1-2H3,(H,25,26);4-5,8,11,16,21,31H,1,6-7,9-10,12-15,17H2,2-3H3,(H,25,26)/t;;21-;/m..1./s1. The van der Waals surface area contributed by atoms with Crippen LogP contribution in [0.5, 0.6) is 0 Å². The SMILES string of the molecule is C=C(C)Nc1ccn(C(=O)N2CCN(Cc3ccc(C)cc3N3CCC(O)CC3)CC2)n1.C=C(C)Nc1ccn(C(=O)N2CCN(Cc3ccc(C)cc3N3CCN(CC(=O)O)CC3)CC2)n1.CC(=O)NC1CCN(c2cc(CN3CCN(C(=O)n4ccc(NS(C)(=O)=O)n4)CC3)ccc2C)CC1.Cc1ccc(CN2CCN(C(=O)n3ccc(NS(C)(=O)=O)n3)CC2)cc1N1CCN2CCC[C@@H]2C1. The number of amides is 5. The zero-order chi connectivity index (χ0) is 98.1. The van der Waals surface area contributed by atoms with Gasteiger partial charge in [-0.25, -0.2) is 36.0 Å². The van der Waals surface area contributed by atoms with Crippen LogP contribution >= 0.6 is 0 Å². The summed E-state index contributed by atoms with van der Waals surface area (Å²) in [6.45, 7) is 47.6. The van der Waals surface area contributed by atoms with E-state index in [1.54, 1.807) is 41.2 Å². The molecule has 39 nitrogen and oxygen atoms in total. The number of piperazine rings is 6. The molecule has 0 aliphatic carbocycles. The molecule has 4 aromatic carbocycles. The highest BCUT2D eigenvalue weighted by molar-refractivity contribution is 7.92. The molecule has 746 valence electrons. The zero-order valence-electron chi connectivity index (χ0n) is 81.4. The third-order valence-corrected chi connectivity index (χ3v) is 27.8. The Hall–Kier alpha value is -12.0. The lowest BCUT2D eigenvalue weighted by Crippen LogP contribution is -2.50. The van der Waals surface area contributed by atoms with Crippen LogP contribution in [0.1, 0.15) is 104 Å². The Morgan fingerprint density at radius 1 is 0.391 bits per heavy atom. The maximum Gasteiger partial charge on any atom is 0.344 e. The number of aliphatic carboxylic acids is 1. The Morgan fingerprint density at radius 2 is 0.746 bits per heavy atom. The molecule has 17 rings (SSSR count). The second kappa shape index (κ2) is 46.7. The monoisotopic (exact) mass is 1940 g/mol. The van der Waals surface area contributed by atoms with E-state index >= 15 is 0 Å². The van der Waals surface area contributed by atoms with Crippen molar-refractivity contribution >= 4 is 102 Å². The molecular weight excluding hydrogens is 1800 g/mol. The lowest BCUT2D eigenvalue weighted by Gasteiger charge is -2.39. The molecule has 138 heavy (non-hydrogen) atoms. The number of allylic oxidation sites excluding steroid dienone is 2. The summed E-state index contributed by atoms with van der Waals surface area (Å²) in [7, 11) is -6.88. The van der Waals surface area contributed by atoms with Gasteiger partial charge < -0.3 is 65.4 Å². The molecule has 0 saturated carbocycles. The Bertz CT molecular complexity index is 5790. The Kier molecular flexibility index (Phi) is 34.5. The van der Waals surface area contributed by atoms with Gasteiger partial charge in [-0.15, -0.1) is 20.4 Å². The van der Waals surface area contributed by atoms with Gasteiger partial charge in [0.1, 0.15) is 0 Å². The number of aliphatic hydroxyl groups is 1. The van der Waals surface area contributed by atoms with Gasteiger partial charge in [0.25, 0.3) is 0 Å². The molecule has 9 aliphatic rings. The molecule has 9 aliphatic heterocycles. The minimum Gasteiger partial charge on any atom is -0.480 e. The summed E-state index contributed by atoms with van der Waals surface area (Å²) in [5.74, 6) is 0.764. The number of carbonyl (C=O) groups excluding carboxylic acids is 5. The first-order chi connectivity index (χ1) is 66.0. The van der Waals surface area contributed by atoms with Crippen molar-refractivity contribution in [3.05, 3.63) is 191 Å². The molecule has 7 N–H and O–H groups in total. The summed E-state index contributed by atoms with van der Waals surface area (Å²) in [5, 5.41) is 44.7. The van der Waals surface area contributed by atoms with Crippen LogP contribution in [0.2, 0.25) is 0 Å². The van der Waals surface area contributed by atoms with E-state index in [0.717, 1.165) is 200 Å². The Labute approximate surface area is 811 Å². The van der Waals surface area contributed by atoms with Crippen molar-refractivity contribution < 1.29 is 55.8 Å². The van der Waals surface area contributed by atoms with E-state index < -0.39 is 26.0 Å². The minimum absolute atomic E-state index is 0.0340. The summed E-state index contributed by atoms with van der Waals surface area (Å²) in [6.07, 6.45) is 14.4. The Morgan fingerprint density at radius 3 is 1.14 bits per heavy atom. The quantitative estimate of drug-likeness (QED) is 0.0318. The van der Waals surface area contributed by atoms with E-state index in [1.807, 2.05) is 28.5 Å². The van der Waals surface area contributed by atoms with Crippen LogP contribution in [0.3, 0.4) is 0 Å². The molecule has 4 aromatic heterocycles. The first-order valence-electron chi connectivity index (χ1n) is 48.1. The van der Waals surface area contributed by atoms with Crippen LogP contribution in [0.25, 0.3) is 0 Å². The van der Waals surface area contributed by atoms with Gasteiger partial charge in [-0.1, -0.05) is 61.7 Å². The topological polar surface area (TPSA) is 388 Å². The summed E-state index contributed by atoms with van der Waals surface area (Å²) in [5.41, 5.74) is 16.9. The van der Waals surface area contributed by atoms with Crippen molar-refractivity contribution in [3.63, 3.8) is 0 Å². The van der Waals surface area contributed by atoms with Gasteiger partial charge in [-0.2, -0.15) is 18.7 Å². The highest BCUT2D eigenvalue weighted by Gasteiger charge is 2.35. The minimum atomic E-state index is -3.45. The highest BCUT2D eigenvalue weighted by Crippen LogP contribution is 2.34. The predicted molar refractivity (Wildman–Crippen MR) is 538 cm³/mol. The van der Waals surface area contributed by atoms with Crippen molar-refractivity contribution in [1.29, 1.82) is 0 Å². The maximum atomic E-state index is 12.9. The lowest BCUT2D eigenvalue weighted by molar-refractivity contribution is -0.138. The molecular formula is C97H139N27O12S2. The third-order valence-electron chi connectivity index (χ3n) is 26.7. The number of fused-ring (bicyclic) bond motifs is 1. The third kappa shape index (κ3) is 28.9. The summed E-state index contributed by atoms with van der Waals surface area (Å²) < 4.78 is 55.2. The number of aliphatic hydroxyl groups excluding tert-OH is 1. The van der Waals surface area contributed by atoms with Gasteiger partial charge in [0.2, 0.25) is 26.0 Å². The van der Waals surface area contributed by atoms with E-state index in [-0.39, 0.29) is 60.4 Å². The molecule has 9 saturated heterocycles. The van der Waals surface area contributed by atoms with Crippen LogP contribution in [0.4, 0.5) is 65.2 Å². The summed E-state index contributed by atoms with van der Waals surface area (Å²) >= 11 is 0. The fraction of sp³-hybridized carbons (Fsp3) is 0.526. The van der Waals surface area contributed by atoms with Crippen molar-refractivity contribution in [2.75, 3.05) is 242 Å². The van der Waals surface area contributed by atoms with Crippen molar-refractivity contribution in [2.24, 2.45) is 0 Å². The van der Waals surface area contributed by atoms with E-state index in [0.29, 0.717) is 70.0 Å². The van der Waals surface area contributed by atoms with Crippen LogP contribution in [-0.4, -0.2) is 372 Å². The molecule has 0 unspecified atom stereocenters. The zero-order valence-corrected chi connectivity index (χ0v) is 83.0. The number of carbonyl (C=O) groups is 6. The number of anilines is 8. The normalized spacial score (nSPS) is 18.8. The molecule has 5 amide bonds. The molecule has 41 heteroatoms. The number of benzene rings is 4. The van der Waals surface area contributed by atoms with Crippen molar-refractivity contribution in [1.82, 2.24) is 93.4 Å². The first kappa shape index (κ1) is 102. The molecule has 0 radical (unpaired) electrons. The smallest absolute Gasteiger partial charge is 0.344 e. The van der Waals surface area contributed by atoms with Crippen LogP contribution in [0.15, 0.2) is 146 Å². The molecule has 13 heterocycles. The van der Waals surface area contributed by atoms with Gasteiger partial charge >= 0.3 is 30.1 Å². The van der Waals surface area contributed by atoms with Crippen LogP contribution in [0, 0.1) is 27.7 Å². The van der Waals surface area contributed by atoms with Gasteiger partial charge in [0.15, 0.2) is 23.3 Å². The van der Waals surface area contributed by atoms with E-state index in [1.165, 1.54) is 130 Å². The van der Waals surface area contributed by atoms with Gasteiger partial charge in [-0.3, -0.25) is 48.4 Å². The second-order valence-corrected chi connectivity index (χ2v) is 41.4. The number of nitrogens with one attached hydrogen (secondary N) is 5. The van der Waals surface area contributed by atoms with Crippen molar-refractivity contribution in [3.8, 4) is 0 Å². The average Bonchev–Trinajstić information content (AvgIpc) is 1.58. The first-order valence-corrected chi connectivity index (χ1v) is 51.9. The predicted octanol–water partition coefficient (Wildman–Crippen LogP) is 8.10. The largest absolute Gasteiger partial charge is 0.480 e. The van der Waals surface area contributed by atoms with Gasteiger partial charge in [-0.05, 0) is 155 Å². The van der Waals surface area contributed by atoms with E-state index in [2.05, 4.69) is 204 Å². The number of hydrogen-bond acceptors (Lipinski definition) is 27. The van der Waals surface area contributed by atoms with Crippen molar-refractivity contribution in [2.45, 2.75) is 131 Å². The molecule has 0 spiro atoms. The Balaban J connectivity index is 0.000000147. The number of nitrogens with zero attached hydrogens (tertiary/aromatic N) is 22. The molecule has 9 fully saturated rings.